The summed E-state index contributed by atoms with van der Waals surface area (Å²) in [6, 6.07) is 8.42. The van der Waals surface area contributed by atoms with Crippen molar-refractivity contribution in [2.75, 3.05) is 13.7 Å². The van der Waals surface area contributed by atoms with Crippen LogP contribution in [0, 0.1) is 6.92 Å². The Labute approximate surface area is 102 Å². The quantitative estimate of drug-likeness (QED) is 0.877. The highest BCUT2D eigenvalue weighted by Crippen LogP contribution is 2.23. The van der Waals surface area contributed by atoms with Crippen LogP contribution in [0.4, 0.5) is 0 Å². The van der Waals surface area contributed by atoms with Gasteiger partial charge in [0.15, 0.2) is 0 Å². The summed E-state index contributed by atoms with van der Waals surface area (Å²) in [7, 11) is 1.66. The fourth-order valence-electron chi connectivity index (χ4n) is 1.95. The van der Waals surface area contributed by atoms with Gasteiger partial charge < -0.3 is 10.5 Å². The highest BCUT2D eigenvalue weighted by molar-refractivity contribution is 5.80. The van der Waals surface area contributed by atoms with Crippen molar-refractivity contribution in [3.63, 3.8) is 0 Å². The lowest BCUT2D eigenvalue weighted by atomic mass is 10.1. The van der Waals surface area contributed by atoms with Gasteiger partial charge in [-0.1, -0.05) is 12.1 Å². The average Bonchev–Trinajstić information content (AvgIpc) is 2.35. The largest absolute Gasteiger partial charge is 0.481 e. The maximum absolute atomic E-state index is 5.54. The van der Waals surface area contributed by atoms with Gasteiger partial charge in [0.1, 0.15) is 0 Å². The first kappa shape index (κ1) is 11.9. The van der Waals surface area contributed by atoms with Crippen molar-refractivity contribution < 1.29 is 4.74 Å². The minimum atomic E-state index is 0.690. The molecule has 17 heavy (non-hydrogen) atoms. The molecule has 0 saturated carbocycles. The van der Waals surface area contributed by atoms with Crippen LogP contribution in [0.25, 0.3) is 10.9 Å². The van der Waals surface area contributed by atoms with Crippen LogP contribution in [0.15, 0.2) is 24.3 Å². The molecule has 2 N–H and O–H groups in total. The molecule has 0 amide bonds. The van der Waals surface area contributed by atoms with Crippen LogP contribution < -0.4 is 10.5 Å². The number of pyridine rings is 1. The first-order chi connectivity index (χ1) is 8.24. The second kappa shape index (κ2) is 5.15. The molecule has 1 aromatic carbocycles. The number of fused-ring (bicyclic) bond motifs is 1. The van der Waals surface area contributed by atoms with Crippen molar-refractivity contribution >= 4 is 10.9 Å². The van der Waals surface area contributed by atoms with Crippen LogP contribution >= 0.6 is 0 Å². The van der Waals surface area contributed by atoms with Crippen LogP contribution in [0.1, 0.15) is 17.5 Å². The number of hydrogen-bond donors (Lipinski definition) is 1. The number of hydrogen-bond acceptors (Lipinski definition) is 3. The molecule has 1 heterocycles. The summed E-state index contributed by atoms with van der Waals surface area (Å²) >= 11 is 0. The van der Waals surface area contributed by atoms with Crippen molar-refractivity contribution in [3.05, 3.63) is 35.4 Å². The molecule has 0 bridgehead atoms. The van der Waals surface area contributed by atoms with Crippen molar-refractivity contribution in [1.82, 2.24) is 4.98 Å². The van der Waals surface area contributed by atoms with Crippen LogP contribution in [0.2, 0.25) is 0 Å². The molecular formula is C14H18N2O. The summed E-state index contributed by atoms with van der Waals surface area (Å²) in [6.45, 7) is 2.75. The van der Waals surface area contributed by atoms with E-state index in [2.05, 4.69) is 36.2 Å². The molecule has 0 atom stereocenters. The fraction of sp³-hybridized carbons (Fsp3) is 0.357. The van der Waals surface area contributed by atoms with Crippen LogP contribution in [0.3, 0.4) is 0 Å². The fourth-order valence-corrected chi connectivity index (χ4v) is 1.95. The lowest BCUT2D eigenvalue weighted by molar-refractivity contribution is 0.394. The van der Waals surface area contributed by atoms with Crippen molar-refractivity contribution in [3.8, 4) is 5.88 Å². The molecule has 0 radical (unpaired) electrons. The lowest BCUT2D eigenvalue weighted by Gasteiger charge is -2.09. The minimum absolute atomic E-state index is 0.690. The summed E-state index contributed by atoms with van der Waals surface area (Å²) < 4.78 is 5.34. The lowest BCUT2D eigenvalue weighted by Crippen LogP contribution is -2.02. The maximum atomic E-state index is 5.54. The highest BCUT2D eigenvalue weighted by Gasteiger charge is 2.07. The molecule has 0 spiro atoms. The second-order valence-corrected chi connectivity index (χ2v) is 4.25. The third-order valence-electron chi connectivity index (χ3n) is 2.86. The molecule has 0 aliphatic rings. The van der Waals surface area contributed by atoms with Gasteiger partial charge in [0.2, 0.25) is 5.88 Å². The van der Waals surface area contributed by atoms with Gasteiger partial charge in [0, 0.05) is 10.9 Å². The van der Waals surface area contributed by atoms with Crippen LogP contribution in [0.5, 0.6) is 5.88 Å². The smallest absolute Gasteiger partial charge is 0.216 e. The van der Waals surface area contributed by atoms with Crippen molar-refractivity contribution in [2.24, 2.45) is 5.73 Å². The number of methoxy groups -OCH3 is 1. The van der Waals surface area contributed by atoms with E-state index in [1.54, 1.807) is 7.11 Å². The third-order valence-corrected chi connectivity index (χ3v) is 2.86. The molecule has 2 rings (SSSR count). The standard InChI is InChI=1S/C14H18N2O/c1-10-5-6-11-9-12(4-3-7-15)14(17-2)16-13(11)8-10/h5-6,8-9H,3-4,7,15H2,1-2H3. The monoisotopic (exact) mass is 230 g/mol. The number of nitrogens with zero attached hydrogens (tertiary/aromatic N) is 1. The molecule has 1 aromatic heterocycles. The van der Waals surface area contributed by atoms with Gasteiger partial charge in [-0.05, 0) is 44.0 Å². The van der Waals surface area contributed by atoms with Crippen LogP contribution in [-0.4, -0.2) is 18.6 Å². The maximum Gasteiger partial charge on any atom is 0.216 e. The first-order valence-corrected chi connectivity index (χ1v) is 5.89. The number of nitrogens with two attached hydrogens (primary N) is 1. The Morgan fingerprint density at radius 2 is 2.12 bits per heavy atom. The van der Waals surface area contributed by atoms with E-state index in [-0.39, 0.29) is 0 Å². The molecule has 3 heteroatoms. The van der Waals surface area contributed by atoms with Gasteiger partial charge in [-0.15, -0.1) is 0 Å². The Balaban J connectivity index is 2.48. The number of rotatable bonds is 4. The molecule has 90 valence electrons. The predicted molar refractivity (Wildman–Crippen MR) is 70.4 cm³/mol. The second-order valence-electron chi connectivity index (χ2n) is 4.25. The topological polar surface area (TPSA) is 48.1 Å². The summed E-state index contributed by atoms with van der Waals surface area (Å²) in [5.74, 6) is 0.719. The Morgan fingerprint density at radius 3 is 2.82 bits per heavy atom. The Hall–Kier alpha value is -1.61. The molecule has 0 aliphatic carbocycles. The summed E-state index contributed by atoms with van der Waals surface area (Å²) in [4.78, 5) is 4.54. The minimum Gasteiger partial charge on any atom is -0.481 e. The molecule has 0 fully saturated rings. The molecule has 0 aliphatic heterocycles. The number of aryl methyl sites for hydroxylation is 2. The molecule has 3 nitrogen and oxygen atoms in total. The van der Waals surface area contributed by atoms with Gasteiger partial charge in [0.25, 0.3) is 0 Å². The van der Waals surface area contributed by atoms with Crippen molar-refractivity contribution in [2.45, 2.75) is 19.8 Å². The van der Waals surface area contributed by atoms with Crippen LogP contribution in [-0.2, 0) is 6.42 Å². The third kappa shape index (κ3) is 2.56. The predicted octanol–water partition coefficient (Wildman–Crippen LogP) is 2.44. The van der Waals surface area contributed by atoms with Gasteiger partial charge in [-0.2, -0.15) is 0 Å². The zero-order valence-corrected chi connectivity index (χ0v) is 10.4. The highest BCUT2D eigenvalue weighted by atomic mass is 16.5. The van der Waals surface area contributed by atoms with E-state index in [1.165, 1.54) is 5.56 Å². The number of ether oxygens (including phenoxy) is 1. The zero-order chi connectivity index (χ0) is 12.3. The Bertz CT molecular complexity index is 523. The summed E-state index contributed by atoms with van der Waals surface area (Å²) in [6.07, 6.45) is 1.87. The SMILES string of the molecule is COc1nc2cc(C)ccc2cc1CCCN. The van der Waals surface area contributed by atoms with E-state index in [0.29, 0.717) is 6.54 Å². The zero-order valence-electron chi connectivity index (χ0n) is 10.4. The van der Waals surface area contributed by atoms with Gasteiger partial charge in [0.05, 0.1) is 12.6 Å². The number of aromatic nitrogens is 1. The van der Waals surface area contributed by atoms with E-state index >= 15 is 0 Å². The number of benzene rings is 1. The van der Waals surface area contributed by atoms with E-state index in [9.17, 15) is 0 Å². The normalized spacial score (nSPS) is 10.8. The summed E-state index contributed by atoms with van der Waals surface area (Å²) in [5.41, 5.74) is 8.87. The Kier molecular flexibility index (Phi) is 3.59. The van der Waals surface area contributed by atoms with E-state index in [0.717, 1.165) is 35.2 Å². The average molecular weight is 230 g/mol. The molecular weight excluding hydrogens is 212 g/mol. The van der Waals surface area contributed by atoms with E-state index in [4.69, 9.17) is 10.5 Å². The molecule has 2 aromatic rings. The van der Waals surface area contributed by atoms with Gasteiger partial charge in [-0.25, -0.2) is 4.98 Å². The molecule has 0 saturated heterocycles. The summed E-state index contributed by atoms with van der Waals surface area (Å²) in [5, 5.41) is 1.16. The first-order valence-electron chi connectivity index (χ1n) is 5.89. The van der Waals surface area contributed by atoms with Crippen molar-refractivity contribution in [1.29, 1.82) is 0 Å². The molecule has 0 unspecified atom stereocenters. The van der Waals surface area contributed by atoms with E-state index < -0.39 is 0 Å². The van der Waals surface area contributed by atoms with E-state index in [1.807, 2.05) is 0 Å². The Morgan fingerprint density at radius 1 is 1.29 bits per heavy atom. The van der Waals surface area contributed by atoms with Gasteiger partial charge in [-0.3, -0.25) is 0 Å². The van der Waals surface area contributed by atoms with Gasteiger partial charge >= 0.3 is 0 Å².